The lowest BCUT2D eigenvalue weighted by atomic mass is 10.2. The van der Waals surface area contributed by atoms with Gasteiger partial charge in [0.2, 0.25) is 0 Å². The van der Waals surface area contributed by atoms with Crippen LogP contribution in [0.3, 0.4) is 0 Å². The van der Waals surface area contributed by atoms with E-state index in [1.807, 2.05) is 18.2 Å². The number of nitrogens with one attached hydrogen (secondary N) is 2. The third-order valence-electron chi connectivity index (χ3n) is 3.13. The van der Waals surface area contributed by atoms with Gasteiger partial charge < -0.3 is 4.74 Å². The van der Waals surface area contributed by atoms with Gasteiger partial charge in [0.25, 0.3) is 5.91 Å². The first kappa shape index (κ1) is 15.2. The second-order valence-corrected chi connectivity index (χ2v) is 5.84. The van der Waals surface area contributed by atoms with Gasteiger partial charge in [-0.1, -0.05) is 0 Å². The Morgan fingerprint density at radius 2 is 1.83 bits per heavy atom. The van der Waals surface area contributed by atoms with Gasteiger partial charge in [-0.3, -0.25) is 15.6 Å². The van der Waals surface area contributed by atoms with Crippen molar-refractivity contribution in [2.24, 2.45) is 0 Å². The molecule has 3 aromatic rings. The number of hydrogen-bond acceptors (Lipinski definition) is 4. The third kappa shape index (κ3) is 3.40. The summed E-state index contributed by atoms with van der Waals surface area (Å²) in [6.45, 7) is 0. The summed E-state index contributed by atoms with van der Waals surface area (Å²) >= 11 is 1.31. The number of carbonyl (C=O) groups excluding carboxylic acids is 1. The van der Waals surface area contributed by atoms with Crippen LogP contribution in [-0.2, 0) is 0 Å². The predicted octanol–water partition coefficient (Wildman–Crippen LogP) is 3.95. The summed E-state index contributed by atoms with van der Waals surface area (Å²) < 4.78 is 32.2. The number of methoxy groups -OCH3 is 1. The molecule has 1 aromatic heterocycles. The van der Waals surface area contributed by atoms with E-state index in [0.29, 0.717) is 10.6 Å². The van der Waals surface area contributed by atoms with Gasteiger partial charge in [-0.05, 0) is 41.8 Å². The lowest BCUT2D eigenvalue weighted by Crippen LogP contribution is -2.28. The number of ether oxygens (including phenoxy) is 1. The molecule has 0 fully saturated rings. The summed E-state index contributed by atoms with van der Waals surface area (Å²) in [5, 5.41) is 0.885. The van der Waals surface area contributed by atoms with Gasteiger partial charge in [0.05, 0.1) is 17.7 Å². The first-order chi connectivity index (χ1) is 11.0. The molecular weight excluding hydrogens is 322 g/mol. The average molecular weight is 334 g/mol. The SMILES string of the molecule is COc1ccc2sc(C(=O)NNc3cc(F)cc(F)c3)cc2c1. The van der Waals surface area contributed by atoms with E-state index in [1.165, 1.54) is 11.3 Å². The zero-order valence-electron chi connectivity index (χ0n) is 12.0. The lowest BCUT2D eigenvalue weighted by molar-refractivity contribution is 0.0966. The van der Waals surface area contributed by atoms with Crippen LogP contribution < -0.4 is 15.6 Å². The monoisotopic (exact) mass is 334 g/mol. The zero-order chi connectivity index (χ0) is 16.4. The number of benzene rings is 2. The highest BCUT2D eigenvalue weighted by atomic mass is 32.1. The molecule has 2 N–H and O–H groups in total. The van der Waals surface area contributed by atoms with Crippen molar-refractivity contribution in [3.05, 3.63) is 59.0 Å². The van der Waals surface area contributed by atoms with Crippen LogP contribution in [0.25, 0.3) is 10.1 Å². The molecule has 2 aromatic carbocycles. The van der Waals surface area contributed by atoms with Crippen LogP contribution in [0, 0.1) is 11.6 Å². The molecule has 0 bridgehead atoms. The van der Waals surface area contributed by atoms with Crippen molar-refractivity contribution < 1.29 is 18.3 Å². The Morgan fingerprint density at radius 3 is 2.52 bits per heavy atom. The minimum atomic E-state index is -0.726. The Hall–Kier alpha value is -2.67. The Balaban J connectivity index is 1.75. The van der Waals surface area contributed by atoms with E-state index in [0.717, 1.165) is 28.3 Å². The first-order valence-corrected chi connectivity index (χ1v) is 7.47. The van der Waals surface area contributed by atoms with Gasteiger partial charge in [0.15, 0.2) is 0 Å². The van der Waals surface area contributed by atoms with Crippen LogP contribution in [0.5, 0.6) is 5.75 Å². The molecule has 23 heavy (non-hydrogen) atoms. The topological polar surface area (TPSA) is 50.4 Å². The summed E-state index contributed by atoms with van der Waals surface area (Å²) in [4.78, 5) is 12.6. The maximum atomic E-state index is 13.1. The number of rotatable bonds is 4. The summed E-state index contributed by atoms with van der Waals surface area (Å²) in [6, 6.07) is 10.2. The van der Waals surface area contributed by atoms with Crippen LogP contribution in [0.2, 0.25) is 0 Å². The largest absolute Gasteiger partial charge is 0.497 e. The maximum Gasteiger partial charge on any atom is 0.279 e. The minimum absolute atomic E-state index is 0.124. The highest BCUT2D eigenvalue weighted by Crippen LogP contribution is 2.28. The molecule has 0 radical (unpaired) electrons. The van der Waals surface area contributed by atoms with Crippen molar-refractivity contribution in [2.75, 3.05) is 12.5 Å². The number of fused-ring (bicyclic) bond motifs is 1. The molecule has 0 saturated heterocycles. The molecule has 0 spiro atoms. The molecule has 1 amide bonds. The normalized spacial score (nSPS) is 10.6. The number of halogens is 2. The van der Waals surface area contributed by atoms with Gasteiger partial charge in [-0.25, -0.2) is 8.78 Å². The Bertz CT molecular complexity index is 859. The lowest BCUT2D eigenvalue weighted by Gasteiger charge is -2.07. The van der Waals surface area contributed by atoms with Crippen LogP contribution in [-0.4, -0.2) is 13.0 Å². The summed E-state index contributed by atoms with van der Waals surface area (Å²) in [5.41, 5.74) is 5.03. The summed E-state index contributed by atoms with van der Waals surface area (Å²) in [5.74, 6) is -1.14. The second-order valence-electron chi connectivity index (χ2n) is 4.75. The highest BCUT2D eigenvalue weighted by molar-refractivity contribution is 7.20. The van der Waals surface area contributed by atoms with Gasteiger partial charge in [0.1, 0.15) is 17.4 Å². The second kappa shape index (κ2) is 6.21. The van der Waals surface area contributed by atoms with Gasteiger partial charge >= 0.3 is 0 Å². The molecular formula is C16H12F2N2O2S. The molecule has 0 aliphatic carbocycles. The molecule has 118 valence electrons. The van der Waals surface area contributed by atoms with Crippen molar-refractivity contribution in [3.63, 3.8) is 0 Å². The minimum Gasteiger partial charge on any atom is -0.497 e. The number of amides is 1. The number of hydrazine groups is 1. The molecule has 4 nitrogen and oxygen atoms in total. The van der Waals surface area contributed by atoms with E-state index >= 15 is 0 Å². The molecule has 7 heteroatoms. The quantitative estimate of drug-likeness (QED) is 0.711. The van der Waals surface area contributed by atoms with E-state index in [4.69, 9.17) is 4.74 Å². The molecule has 1 heterocycles. The molecule has 0 aliphatic rings. The standard InChI is InChI=1S/C16H12F2N2O2S/c1-22-13-2-3-14-9(4-13)5-15(23-14)16(21)20-19-12-7-10(17)6-11(18)8-12/h2-8,19H,1H3,(H,20,21). The van der Waals surface area contributed by atoms with Crippen molar-refractivity contribution in [3.8, 4) is 5.75 Å². The fourth-order valence-electron chi connectivity index (χ4n) is 2.08. The van der Waals surface area contributed by atoms with Gasteiger partial charge in [-0.15, -0.1) is 11.3 Å². The van der Waals surface area contributed by atoms with Crippen LogP contribution >= 0.6 is 11.3 Å². The fraction of sp³-hybridized carbons (Fsp3) is 0.0625. The number of anilines is 1. The molecule has 0 unspecified atom stereocenters. The maximum absolute atomic E-state index is 13.1. The fourth-order valence-corrected chi connectivity index (χ4v) is 3.02. The average Bonchev–Trinajstić information content (AvgIpc) is 2.94. The van der Waals surface area contributed by atoms with E-state index in [1.54, 1.807) is 13.2 Å². The van der Waals surface area contributed by atoms with Crippen molar-refractivity contribution in [1.29, 1.82) is 0 Å². The molecule has 3 rings (SSSR count). The third-order valence-corrected chi connectivity index (χ3v) is 4.25. The van der Waals surface area contributed by atoms with Crippen LogP contribution in [0.4, 0.5) is 14.5 Å². The smallest absolute Gasteiger partial charge is 0.279 e. The van der Waals surface area contributed by atoms with Crippen LogP contribution in [0.1, 0.15) is 9.67 Å². The number of hydrogen-bond donors (Lipinski definition) is 2. The van der Waals surface area contributed by atoms with Crippen molar-refractivity contribution in [2.45, 2.75) is 0 Å². The van der Waals surface area contributed by atoms with Crippen molar-refractivity contribution >= 4 is 33.0 Å². The molecule has 0 aliphatic heterocycles. The molecule has 0 atom stereocenters. The molecule has 0 saturated carbocycles. The summed E-state index contributed by atoms with van der Waals surface area (Å²) in [7, 11) is 1.57. The van der Waals surface area contributed by atoms with Gasteiger partial charge in [-0.2, -0.15) is 0 Å². The Morgan fingerprint density at radius 1 is 1.09 bits per heavy atom. The van der Waals surface area contributed by atoms with E-state index in [2.05, 4.69) is 10.9 Å². The number of carbonyl (C=O) groups is 1. The number of thiophene rings is 1. The zero-order valence-corrected chi connectivity index (χ0v) is 12.8. The van der Waals surface area contributed by atoms with E-state index in [9.17, 15) is 13.6 Å². The highest BCUT2D eigenvalue weighted by Gasteiger charge is 2.11. The first-order valence-electron chi connectivity index (χ1n) is 6.65. The van der Waals surface area contributed by atoms with E-state index < -0.39 is 17.5 Å². The predicted molar refractivity (Wildman–Crippen MR) is 85.8 cm³/mol. The Labute approximate surface area is 134 Å². The Kier molecular flexibility index (Phi) is 4.12. The van der Waals surface area contributed by atoms with Crippen molar-refractivity contribution in [1.82, 2.24) is 5.43 Å². The van der Waals surface area contributed by atoms with Gasteiger partial charge in [0, 0.05) is 10.8 Å². The van der Waals surface area contributed by atoms with E-state index in [-0.39, 0.29) is 5.69 Å². The summed E-state index contributed by atoms with van der Waals surface area (Å²) in [6.07, 6.45) is 0. The van der Waals surface area contributed by atoms with Crippen LogP contribution in [0.15, 0.2) is 42.5 Å².